The molecule has 1 fully saturated rings. The van der Waals surface area contributed by atoms with Crippen LogP contribution in [0.2, 0.25) is 0 Å². The number of aryl methyl sites for hydroxylation is 1. The lowest BCUT2D eigenvalue weighted by Crippen LogP contribution is -2.31. The fourth-order valence-electron chi connectivity index (χ4n) is 4.22. The van der Waals surface area contributed by atoms with Crippen molar-refractivity contribution >= 4 is 17.4 Å². The molecule has 0 bridgehead atoms. The summed E-state index contributed by atoms with van der Waals surface area (Å²) in [6.07, 6.45) is 8.77. The van der Waals surface area contributed by atoms with Gasteiger partial charge in [0.05, 0.1) is 39.3 Å². The number of rotatable bonds is 9. The highest BCUT2D eigenvalue weighted by Crippen LogP contribution is 2.45. The second kappa shape index (κ2) is 10.3. The van der Waals surface area contributed by atoms with Crippen molar-refractivity contribution < 1.29 is 28.9 Å². The van der Waals surface area contributed by atoms with Crippen LogP contribution >= 0.6 is 0 Å². The summed E-state index contributed by atoms with van der Waals surface area (Å²) >= 11 is 0. The Kier molecular flexibility index (Phi) is 7.00. The number of methoxy groups -OCH3 is 3. The molecule has 0 aliphatic carbocycles. The molecule has 3 aromatic rings. The molecule has 3 heterocycles. The first-order valence-corrected chi connectivity index (χ1v) is 10.9. The average Bonchev–Trinajstić information content (AvgIpc) is 3.50. The molecular formula is C25H26N4O6. The van der Waals surface area contributed by atoms with E-state index in [4.69, 9.17) is 14.2 Å². The summed E-state index contributed by atoms with van der Waals surface area (Å²) in [6.45, 7) is 0.881. The number of pyridine rings is 1. The standard InChI is InChI=1S/C25H26N4O6/c1-33-18-13-17(14-19(34-2)24(18)35-3)21-20(22(30)16-5-7-26-8-6-16)23(31)25(32)29(21)11-4-10-28-12-9-27-15-28/h5-9,12-15,21,30H,4,10-11H2,1-3H3. The Morgan fingerprint density at radius 2 is 1.66 bits per heavy atom. The van der Waals surface area contributed by atoms with Gasteiger partial charge in [0.2, 0.25) is 5.75 Å². The van der Waals surface area contributed by atoms with Gasteiger partial charge in [0, 0.05) is 43.4 Å². The van der Waals surface area contributed by atoms with Gasteiger partial charge in [0.25, 0.3) is 11.7 Å². The third-order valence-corrected chi connectivity index (χ3v) is 5.87. The molecule has 10 heteroatoms. The van der Waals surface area contributed by atoms with Crippen LogP contribution in [-0.2, 0) is 16.1 Å². The number of hydrogen-bond donors (Lipinski definition) is 1. The van der Waals surface area contributed by atoms with Gasteiger partial charge >= 0.3 is 0 Å². The Balaban J connectivity index is 1.82. The first-order valence-electron chi connectivity index (χ1n) is 10.9. The molecule has 1 atom stereocenters. The number of aromatic nitrogens is 3. The quantitative estimate of drug-likeness (QED) is 0.284. The van der Waals surface area contributed by atoms with Gasteiger partial charge < -0.3 is 28.8 Å². The highest BCUT2D eigenvalue weighted by molar-refractivity contribution is 6.46. The van der Waals surface area contributed by atoms with Crippen molar-refractivity contribution in [1.82, 2.24) is 19.4 Å². The van der Waals surface area contributed by atoms with Crippen LogP contribution in [0.3, 0.4) is 0 Å². The SMILES string of the molecule is COc1cc(C2C(=C(O)c3ccncc3)C(=O)C(=O)N2CCCn2ccnc2)cc(OC)c1OC. The molecule has 182 valence electrons. The van der Waals surface area contributed by atoms with Gasteiger partial charge in [0.1, 0.15) is 5.76 Å². The maximum absolute atomic E-state index is 13.2. The molecule has 10 nitrogen and oxygen atoms in total. The predicted octanol–water partition coefficient (Wildman–Crippen LogP) is 2.82. The fourth-order valence-corrected chi connectivity index (χ4v) is 4.22. The molecule has 1 aliphatic heterocycles. The molecule has 2 aromatic heterocycles. The zero-order valence-electron chi connectivity index (χ0n) is 19.7. The molecule has 1 N–H and O–H groups in total. The predicted molar refractivity (Wildman–Crippen MR) is 126 cm³/mol. The van der Waals surface area contributed by atoms with Crippen LogP contribution in [0, 0.1) is 0 Å². The number of carbonyl (C=O) groups is 2. The van der Waals surface area contributed by atoms with Gasteiger partial charge in [-0.25, -0.2) is 4.98 Å². The fraction of sp³-hybridized carbons (Fsp3) is 0.280. The van der Waals surface area contributed by atoms with E-state index in [1.807, 2.05) is 10.8 Å². The van der Waals surface area contributed by atoms with Crippen molar-refractivity contribution in [2.75, 3.05) is 27.9 Å². The van der Waals surface area contributed by atoms with Crippen LogP contribution < -0.4 is 14.2 Å². The van der Waals surface area contributed by atoms with E-state index in [2.05, 4.69) is 9.97 Å². The minimum Gasteiger partial charge on any atom is -0.507 e. The zero-order chi connectivity index (χ0) is 24.9. The Labute approximate surface area is 202 Å². The molecule has 1 aromatic carbocycles. The largest absolute Gasteiger partial charge is 0.507 e. The lowest BCUT2D eigenvalue weighted by molar-refractivity contribution is -0.139. The highest BCUT2D eigenvalue weighted by Gasteiger charge is 2.46. The summed E-state index contributed by atoms with van der Waals surface area (Å²) in [7, 11) is 4.46. The Hall–Kier alpha value is -4.34. The van der Waals surface area contributed by atoms with Gasteiger partial charge in [-0.3, -0.25) is 14.6 Å². The third kappa shape index (κ3) is 4.54. The number of nitrogens with zero attached hydrogens (tertiary/aromatic N) is 4. The third-order valence-electron chi connectivity index (χ3n) is 5.87. The lowest BCUT2D eigenvalue weighted by Gasteiger charge is -2.26. The second-order valence-corrected chi connectivity index (χ2v) is 7.84. The molecule has 1 unspecified atom stereocenters. The Bertz CT molecular complexity index is 1220. The van der Waals surface area contributed by atoms with Gasteiger partial charge in [0.15, 0.2) is 11.5 Å². The van der Waals surface area contributed by atoms with Crippen LogP contribution in [0.5, 0.6) is 17.2 Å². The number of imidazole rings is 1. The summed E-state index contributed by atoms with van der Waals surface area (Å²) < 4.78 is 18.3. The average molecular weight is 479 g/mol. The monoisotopic (exact) mass is 478 g/mol. The van der Waals surface area contributed by atoms with Crippen LogP contribution in [0.15, 0.2) is 61.0 Å². The Morgan fingerprint density at radius 1 is 0.971 bits per heavy atom. The summed E-state index contributed by atoms with van der Waals surface area (Å²) in [5.41, 5.74) is 0.906. The summed E-state index contributed by atoms with van der Waals surface area (Å²) in [6, 6.07) is 5.66. The molecule has 1 amide bonds. The van der Waals surface area contributed by atoms with Crippen molar-refractivity contribution in [3.63, 3.8) is 0 Å². The van der Waals surface area contributed by atoms with Crippen molar-refractivity contribution in [2.45, 2.75) is 19.0 Å². The van der Waals surface area contributed by atoms with Crippen LogP contribution in [-0.4, -0.2) is 64.1 Å². The molecule has 0 saturated carbocycles. The van der Waals surface area contributed by atoms with Gasteiger partial charge in [-0.1, -0.05) is 0 Å². The van der Waals surface area contributed by atoms with E-state index < -0.39 is 17.7 Å². The van der Waals surface area contributed by atoms with E-state index in [1.165, 1.54) is 38.6 Å². The number of likely N-dealkylation sites (tertiary alicyclic amines) is 1. The van der Waals surface area contributed by atoms with Crippen LogP contribution in [0.25, 0.3) is 5.76 Å². The minimum atomic E-state index is -0.861. The van der Waals surface area contributed by atoms with Gasteiger partial charge in [-0.05, 0) is 36.2 Å². The summed E-state index contributed by atoms with van der Waals surface area (Å²) in [4.78, 5) is 35.8. The molecule has 0 spiro atoms. The first kappa shape index (κ1) is 23.8. The molecule has 0 radical (unpaired) electrons. The maximum atomic E-state index is 13.2. The van der Waals surface area contributed by atoms with E-state index in [0.29, 0.717) is 41.3 Å². The van der Waals surface area contributed by atoms with Crippen LogP contribution in [0.4, 0.5) is 0 Å². The normalized spacial score (nSPS) is 17.0. The minimum absolute atomic E-state index is 0.0156. The molecule has 1 aliphatic rings. The summed E-state index contributed by atoms with van der Waals surface area (Å²) in [5.74, 6) is -0.609. The van der Waals surface area contributed by atoms with Crippen molar-refractivity contribution in [3.8, 4) is 17.2 Å². The zero-order valence-corrected chi connectivity index (χ0v) is 19.7. The number of hydrogen-bond acceptors (Lipinski definition) is 8. The summed E-state index contributed by atoms with van der Waals surface area (Å²) in [5, 5.41) is 11.1. The van der Waals surface area contributed by atoms with Crippen molar-refractivity contribution in [1.29, 1.82) is 0 Å². The molecular weight excluding hydrogens is 452 g/mol. The first-order chi connectivity index (χ1) is 17.0. The van der Waals surface area contributed by atoms with Crippen LogP contribution in [0.1, 0.15) is 23.6 Å². The van der Waals surface area contributed by atoms with E-state index in [0.717, 1.165) is 0 Å². The smallest absolute Gasteiger partial charge is 0.295 e. The number of benzene rings is 1. The van der Waals surface area contributed by atoms with E-state index in [-0.39, 0.29) is 17.9 Å². The molecule has 4 rings (SSSR count). The Morgan fingerprint density at radius 3 is 2.23 bits per heavy atom. The van der Waals surface area contributed by atoms with Gasteiger partial charge in [-0.15, -0.1) is 0 Å². The van der Waals surface area contributed by atoms with Crippen molar-refractivity contribution in [2.24, 2.45) is 0 Å². The molecule has 35 heavy (non-hydrogen) atoms. The van der Waals surface area contributed by atoms with Gasteiger partial charge in [-0.2, -0.15) is 0 Å². The van der Waals surface area contributed by atoms with Crippen molar-refractivity contribution in [3.05, 3.63) is 72.1 Å². The second-order valence-electron chi connectivity index (χ2n) is 7.84. The number of ketones is 1. The number of amides is 1. The highest BCUT2D eigenvalue weighted by atomic mass is 16.5. The number of carbonyl (C=O) groups excluding carboxylic acids is 2. The number of Topliss-reactive ketones (excluding diaryl/α,β-unsaturated/α-hetero) is 1. The maximum Gasteiger partial charge on any atom is 0.295 e. The van der Waals surface area contributed by atoms with E-state index >= 15 is 0 Å². The lowest BCUT2D eigenvalue weighted by atomic mass is 9.95. The molecule has 1 saturated heterocycles. The number of aliphatic hydroxyl groups is 1. The number of ether oxygens (including phenoxy) is 3. The van der Waals surface area contributed by atoms with E-state index in [1.54, 1.807) is 36.8 Å². The number of aliphatic hydroxyl groups excluding tert-OH is 1. The van der Waals surface area contributed by atoms with E-state index in [9.17, 15) is 14.7 Å². The topological polar surface area (TPSA) is 116 Å².